The molecule has 1 heterocycles. The zero-order valence-electron chi connectivity index (χ0n) is 19.1. The van der Waals surface area contributed by atoms with Crippen molar-refractivity contribution in [2.24, 2.45) is 0 Å². The average Bonchev–Trinajstić information content (AvgIpc) is 3.31. The molecule has 1 N–H and O–H groups in total. The Balaban J connectivity index is 1.59. The summed E-state index contributed by atoms with van der Waals surface area (Å²) in [5.74, 6) is 1.52. The van der Waals surface area contributed by atoms with E-state index >= 15 is 0 Å². The van der Waals surface area contributed by atoms with Crippen LogP contribution >= 0.6 is 23.3 Å². The van der Waals surface area contributed by atoms with Gasteiger partial charge in [-0.05, 0) is 62.4 Å². The summed E-state index contributed by atoms with van der Waals surface area (Å²) >= 11 is 3.28. The molecule has 2 aromatic carbocycles. The van der Waals surface area contributed by atoms with Crippen LogP contribution in [-0.2, 0) is 11.2 Å². The predicted octanol–water partition coefficient (Wildman–Crippen LogP) is 5.79. The number of benzene rings is 2. The lowest BCUT2D eigenvalue weighted by Gasteiger charge is -2.27. The lowest BCUT2D eigenvalue weighted by atomic mass is 9.85. The standard InChI is InChI=1S/C25H28N4O2S2/c1-16(2)31-23-11-10-17(14-18(23)15-26)24-27-28-25(33-24)21-8-4-7-20-19(21)6-5-9-22(20)29-32-13-12-30-3/h4,7-8,10-11,14,16,22,29H,5-6,9,12-13H2,1-3H3. The Hall–Kier alpha value is -2.44. The van der Waals surface area contributed by atoms with Gasteiger partial charge in [0.15, 0.2) is 0 Å². The minimum absolute atomic E-state index is 0.0111. The fourth-order valence-electron chi connectivity index (χ4n) is 4.01. The Morgan fingerprint density at radius 3 is 2.88 bits per heavy atom. The largest absolute Gasteiger partial charge is 0.490 e. The van der Waals surface area contributed by atoms with E-state index in [1.807, 2.05) is 32.0 Å². The first-order valence-corrected chi connectivity index (χ1v) is 12.9. The van der Waals surface area contributed by atoms with E-state index in [1.54, 1.807) is 30.4 Å². The third kappa shape index (κ3) is 5.56. The molecule has 4 rings (SSSR count). The minimum atomic E-state index is 0.0111. The molecule has 1 atom stereocenters. The number of methoxy groups -OCH3 is 1. The van der Waals surface area contributed by atoms with E-state index in [2.05, 4.69) is 39.2 Å². The Labute approximate surface area is 203 Å². The molecule has 0 spiro atoms. The molecule has 0 radical (unpaired) electrons. The normalized spacial score (nSPS) is 15.3. The van der Waals surface area contributed by atoms with Crippen molar-refractivity contribution in [2.45, 2.75) is 45.3 Å². The lowest BCUT2D eigenvalue weighted by molar-refractivity contribution is 0.218. The van der Waals surface area contributed by atoms with Crippen molar-refractivity contribution >= 4 is 23.3 Å². The van der Waals surface area contributed by atoms with Crippen LogP contribution in [0, 0.1) is 11.3 Å². The van der Waals surface area contributed by atoms with Crippen molar-refractivity contribution in [3.8, 4) is 33.0 Å². The summed E-state index contributed by atoms with van der Waals surface area (Å²) < 4.78 is 14.5. The molecule has 0 bridgehead atoms. The van der Waals surface area contributed by atoms with Crippen LogP contribution in [0.4, 0.5) is 0 Å². The predicted molar refractivity (Wildman–Crippen MR) is 134 cm³/mol. The summed E-state index contributed by atoms with van der Waals surface area (Å²) in [6, 6.07) is 14.7. The second-order valence-corrected chi connectivity index (χ2v) is 10.1. The van der Waals surface area contributed by atoms with Crippen LogP contribution in [0.25, 0.3) is 21.1 Å². The van der Waals surface area contributed by atoms with Crippen LogP contribution in [0.2, 0.25) is 0 Å². The number of fused-ring (bicyclic) bond motifs is 1. The topological polar surface area (TPSA) is 80.1 Å². The zero-order chi connectivity index (χ0) is 23.2. The molecule has 0 saturated carbocycles. The highest BCUT2D eigenvalue weighted by Gasteiger charge is 2.24. The van der Waals surface area contributed by atoms with E-state index in [0.717, 1.165) is 52.8 Å². The monoisotopic (exact) mass is 480 g/mol. The van der Waals surface area contributed by atoms with Crippen LogP contribution in [0.1, 0.15) is 49.4 Å². The quantitative estimate of drug-likeness (QED) is 0.306. The molecule has 1 unspecified atom stereocenters. The molecule has 172 valence electrons. The third-order valence-corrected chi connectivity index (χ3v) is 7.31. The second kappa shape index (κ2) is 11.1. The van der Waals surface area contributed by atoms with E-state index in [-0.39, 0.29) is 6.10 Å². The first kappa shape index (κ1) is 23.7. The van der Waals surface area contributed by atoms with Gasteiger partial charge in [0.2, 0.25) is 0 Å². The summed E-state index contributed by atoms with van der Waals surface area (Å²) in [6.45, 7) is 4.64. The molecule has 0 amide bonds. The maximum absolute atomic E-state index is 9.56. The van der Waals surface area contributed by atoms with Gasteiger partial charge in [-0.1, -0.05) is 41.5 Å². The smallest absolute Gasteiger partial charge is 0.148 e. The molecule has 1 aliphatic rings. The number of aromatic nitrogens is 2. The third-order valence-electron chi connectivity index (χ3n) is 5.49. The van der Waals surface area contributed by atoms with Gasteiger partial charge in [-0.15, -0.1) is 10.2 Å². The Kier molecular flexibility index (Phi) is 7.99. The maximum atomic E-state index is 9.56. The number of nitrogens with one attached hydrogen (secondary N) is 1. The van der Waals surface area contributed by atoms with E-state index in [9.17, 15) is 5.26 Å². The summed E-state index contributed by atoms with van der Waals surface area (Å²) in [4.78, 5) is 0. The molecule has 3 aromatic rings. The van der Waals surface area contributed by atoms with E-state index in [1.165, 1.54) is 11.1 Å². The Morgan fingerprint density at radius 1 is 1.24 bits per heavy atom. The summed E-state index contributed by atoms with van der Waals surface area (Å²) in [7, 11) is 1.73. The summed E-state index contributed by atoms with van der Waals surface area (Å²) in [6.07, 6.45) is 3.32. The van der Waals surface area contributed by atoms with Crippen molar-refractivity contribution in [3.63, 3.8) is 0 Å². The number of hydrogen-bond donors (Lipinski definition) is 1. The van der Waals surface area contributed by atoms with Crippen molar-refractivity contribution in [1.29, 1.82) is 5.26 Å². The SMILES string of the molecule is COCCSNC1CCCc2c(-c3nnc(-c4ccc(OC(C)C)c(C#N)c4)s3)cccc21. The molecule has 0 fully saturated rings. The van der Waals surface area contributed by atoms with Crippen LogP contribution in [0.5, 0.6) is 5.75 Å². The van der Waals surface area contributed by atoms with Crippen LogP contribution < -0.4 is 9.46 Å². The summed E-state index contributed by atoms with van der Waals surface area (Å²) in [5.41, 5.74) is 5.25. The van der Waals surface area contributed by atoms with Crippen LogP contribution in [0.3, 0.4) is 0 Å². The number of rotatable bonds is 9. The van der Waals surface area contributed by atoms with E-state index in [4.69, 9.17) is 9.47 Å². The molecule has 0 saturated heterocycles. The van der Waals surface area contributed by atoms with Gasteiger partial charge in [0.1, 0.15) is 21.8 Å². The van der Waals surface area contributed by atoms with Gasteiger partial charge in [-0.25, -0.2) is 0 Å². The molecule has 1 aromatic heterocycles. The van der Waals surface area contributed by atoms with Crippen molar-refractivity contribution in [2.75, 3.05) is 19.5 Å². The molecule has 33 heavy (non-hydrogen) atoms. The van der Waals surface area contributed by atoms with E-state index in [0.29, 0.717) is 17.4 Å². The van der Waals surface area contributed by atoms with Crippen LogP contribution in [0.15, 0.2) is 36.4 Å². The molecular weight excluding hydrogens is 452 g/mol. The van der Waals surface area contributed by atoms with Gasteiger partial charge in [-0.3, -0.25) is 4.72 Å². The molecule has 6 nitrogen and oxygen atoms in total. The first-order chi connectivity index (χ1) is 16.1. The van der Waals surface area contributed by atoms with Gasteiger partial charge >= 0.3 is 0 Å². The molecular formula is C25H28N4O2S2. The fraction of sp³-hybridized carbons (Fsp3) is 0.400. The van der Waals surface area contributed by atoms with Gasteiger partial charge in [0.05, 0.1) is 18.3 Å². The highest BCUT2D eigenvalue weighted by molar-refractivity contribution is 7.97. The number of nitrogens with zero attached hydrogens (tertiary/aromatic N) is 3. The molecule has 0 aliphatic heterocycles. The average molecular weight is 481 g/mol. The number of hydrogen-bond acceptors (Lipinski definition) is 8. The number of nitriles is 1. The van der Waals surface area contributed by atoms with Gasteiger partial charge < -0.3 is 9.47 Å². The lowest BCUT2D eigenvalue weighted by Crippen LogP contribution is -2.21. The van der Waals surface area contributed by atoms with Gasteiger partial charge in [0.25, 0.3) is 0 Å². The maximum Gasteiger partial charge on any atom is 0.148 e. The van der Waals surface area contributed by atoms with Gasteiger partial charge in [-0.2, -0.15) is 5.26 Å². The highest BCUT2D eigenvalue weighted by Crippen LogP contribution is 2.39. The Morgan fingerprint density at radius 2 is 2.09 bits per heavy atom. The fourth-order valence-corrected chi connectivity index (χ4v) is 5.72. The van der Waals surface area contributed by atoms with Crippen molar-refractivity contribution in [1.82, 2.24) is 14.9 Å². The number of ether oxygens (including phenoxy) is 2. The highest BCUT2D eigenvalue weighted by atomic mass is 32.2. The molecule has 1 aliphatic carbocycles. The first-order valence-electron chi connectivity index (χ1n) is 11.1. The van der Waals surface area contributed by atoms with Gasteiger partial charge in [0, 0.05) is 30.0 Å². The Bertz CT molecular complexity index is 1140. The summed E-state index contributed by atoms with van der Waals surface area (Å²) in [5, 5.41) is 20.2. The minimum Gasteiger partial charge on any atom is -0.490 e. The second-order valence-electron chi connectivity index (χ2n) is 8.18. The van der Waals surface area contributed by atoms with Crippen molar-refractivity contribution < 1.29 is 9.47 Å². The van der Waals surface area contributed by atoms with Crippen LogP contribution in [-0.4, -0.2) is 35.8 Å². The van der Waals surface area contributed by atoms with E-state index < -0.39 is 0 Å². The van der Waals surface area contributed by atoms with Crippen molar-refractivity contribution in [3.05, 3.63) is 53.1 Å². The zero-order valence-corrected chi connectivity index (χ0v) is 20.8. The molecule has 8 heteroatoms.